The molecule has 3 heteroatoms. The lowest BCUT2D eigenvalue weighted by molar-refractivity contribution is 0.112. The van der Waals surface area contributed by atoms with E-state index in [0.717, 1.165) is 25.5 Å². The van der Waals surface area contributed by atoms with Gasteiger partial charge in [0.05, 0.1) is 13.2 Å². The standard InChI is InChI=1S/C14H20O3/c1-4-5-6-11(2)17-14-9-12(10-15)7-8-13(14)16-3/h7-11H,4-6H2,1-3H3. The molecule has 1 atom stereocenters. The highest BCUT2D eigenvalue weighted by atomic mass is 16.5. The maximum absolute atomic E-state index is 10.7. The van der Waals surface area contributed by atoms with Crippen LogP contribution in [-0.4, -0.2) is 19.5 Å². The van der Waals surface area contributed by atoms with Gasteiger partial charge in [-0.05, 0) is 31.5 Å². The van der Waals surface area contributed by atoms with Crippen molar-refractivity contribution in [1.82, 2.24) is 0 Å². The molecule has 0 aliphatic carbocycles. The van der Waals surface area contributed by atoms with Crippen LogP contribution in [0.5, 0.6) is 11.5 Å². The second-order valence-electron chi connectivity index (χ2n) is 4.10. The van der Waals surface area contributed by atoms with Gasteiger partial charge in [-0.15, -0.1) is 0 Å². The fourth-order valence-electron chi connectivity index (χ4n) is 1.63. The lowest BCUT2D eigenvalue weighted by Crippen LogP contribution is -2.12. The molecule has 94 valence electrons. The maximum Gasteiger partial charge on any atom is 0.162 e. The van der Waals surface area contributed by atoms with Crippen molar-refractivity contribution in [2.45, 2.75) is 39.2 Å². The van der Waals surface area contributed by atoms with Crippen LogP contribution >= 0.6 is 0 Å². The molecule has 0 bridgehead atoms. The molecule has 1 aromatic rings. The Balaban J connectivity index is 2.76. The lowest BCUT2D eigenvalue weighted by Gasteiger charge is -2.16. The third-order valence-corrected chi connectivity index (χ3v) is 2.62. The van der Waals surface area contributed by atoms with Gasteiger partial charge in [0.2, 0.25) is 0 Å². The number of ether oxygens (including phenoxy) is 2. The summed E-state index contributed by atoms with van der Waals surface area (Å²) in [6.45, 7) is 4.18. The third kappa shape index (κ3) is 4.10. The van der Waals surface area contributed by atoms with Gasteiger partial charge in [0.25, 0.3) is 0 Å². The van der Waals surface area contributed by atoms with Gasteiger partial charge in [-0.2, -0.15) is 0 Å². The Hall–Kier alpha value is -1.51. The van der Waals surface area contributed by atoms with Crippen molar-refractivity contribution in [2.75, 3.05) is 7.11 Å². The van der Waals surface area contributed by atoms with Gasteiger partial charge in [0.15, 0.2) is 11.5 Å². The van der Waals surface area contributed by atoms with E-state index in [0.29, 0.717) is 17.1 Å². The van der Waals surface area contributed by atoms with Crippen molar-refractivity contribution in [2.24, 2.45) is 0 Å². The zero-order chi connectivity index (χ0) is 12.7. The summed E-state index contributed by atoms with van der Waals surface area (Å²) in [6.07, 6.45) is 4.23. The number of carbonyl (C=O) groups is 1. The van der Waals surface area contributed by atoms with E-state index in [9.17, 15) is 4.79 Å². The van der Waals surface area contributed by atoms with Crippen LogP contribution in [0.4, 0.5) is 0 Å². The average Bonchev–Trinajstić information content (AvgIpc) is 2.36. The van der Waals surface area contributed by atoms with Crippen LogP contribution in [0, 0.1) is 0 Å². The van der Waals surface area contributed by atoms with Gasteiger partial charge in [-0.3, -0.25) is 4.79 Å². The Morgan fingerprint density at radius 2 is 2.12 bits per heavy atom. The Morgan fingerprint density at radius 1 is 1.35 bits per heavy atom. The molecule has 0 aliphatic heterocycles. The number of methoxy groups -OCH3 is 1. The van der Waals surface area contributed by atoms with Crippen molar-refractivity contribution in [3.8, 4) is 11.5 Å². The van der Waals surface area contributed by atoms with Crippen molar-refractivity contribution in [1.29, 1.82) is 0 Å². The molecule has 0 amide bonds. The highest BCUT2D eigenvalue weighted by Crippen LogP contribution is 2.29. The molecule has 0 aliphatic rings. The van der Waals surface area contributed by atoms with E-state index in [1.165, 1.54) is 0 Å². The summed E-state index contributed by atoms with van der Waals surface area (Å²) in [5.41, 5.74) is 0.600. The van der Waals surface area contributed by atoms with Crippen molar-refractivity contribution in [3.63, 3.8) is 0 Å². The van der Waals surface area contributed by atoms with Gasteiger partial charge in [-0.1, -0.05) is 19.8 Å². The largest absolute Gasteiger partial charge is 0.493 e. The molecule has 1 aromatic carbocycles. The molecule has 0 fully saturated rings. The van der Waals surface area contributed by atoms with E-state index >= 15 is 0 Å². The van der Waals surface area contributed by atoms with E-state index in [1.54, 1.807) is 25.3 Å². The van der Waals surface area contributed by atoms with Crippen molar-refractivity contribution < 1.29 is 14.3 Å². The van der Waals surface area contributed by atoms with Gasteiger partial charge in [0, 0.05) is 5.56 Å². The molecule has 0 radical (unpaired) electrons. The normalized spacial score (nSPS) is 11.9. The number of benzene rings is 1. The summed E-state index contributed by atoms with van der Waals surface area (Å²) in [4.78, 5) is 10.7. The highest BCUT2D eigenvalue weighted by Gasteiger charge is 2.09. The second kappa shape index (κ2) is 6.94. The van der Waals surface area contributed by atoms with Crippen molar-refractivity contribution in [3.05, 3.63) is 23.8 Å². The Bertz CT molecular complexity index is 360. The number of hydrogen-bond acceptors (Lipinski definition) is 3. The molecule has 0 N–H and O–H groups in total. The number of carbonyl (C=O) groups excluding carboxylic acids is 1. The minimum Gasteiger partial charge on any atom is -0.493 e. The average molecular weight is 236 g/mol. The first-order valence-electron chi connectivity index (χ1n) is 6.01. The smallest absolute Gasteiger partial charge is 0.162 e. The van der Waals surface area contributed by atoms with E-state index in [4.69, 9.17) is 9.47 Å². The van der Waals surface area contributed by atoms with Gasteiger partial charge in [0.1, 0.15) is 6.29 Å². The molecular formula is C14H20O3. The lowest BCUT2D eigenvalue weighted by atomic mass is 10.2. The van der Waals surface area contributed by atoms with E-state index in [2.05, 4.69) is 6.92 Å². The summed E-state index contributed by atoms with van der Waals surface area (Å²) >= 11 is 0. The topological polar surface area (TPSA) is 35.5 Å². The summed E-state index contributed by atoms with van der Waals surface area (Å²) in [5, 5.41) is 0. The minimum absolute atomic E-state index is 0.130. The predicted octanol–water partition coefficient (Wildman–Crippen LogP) is 3.47. The van der Waals surface area contributed by atoms with Gasteiger partial charge < -0.3 is 9.47 Å². The van der Waals surface area contributed by atoms with Crippen LogP contribution in [0.2, 0.25) is 0 Å². The number of unbranched alkanes of at least 4 members (excludes halogenated alkanes) is 1. The van der Waals surface area contributed by atoms with E-state index in [-0.39, 0.29) is 6.10 Å². The summed E-state index contributed by atoms with van der Waals surface area (Å²) in [5.74, 6) is 1.31. The van der Waals surface area contributed by atoms with E-state index < -0.39 is 0 Å². The van der Waals surface area contributed by atoms with Crippen LogP contribution in [-0.2, 0) is 0 Å². The summed E-state index contributed by atoms with van der Waals surface area (Å²) in [7, 11) is 1.60. The minimum atomic E-state index is 0.130. The molecule has 1 unspecified atom stereocenters. The molecule has 1 rings (SSSR count). The fourth-order valence-corrected chi connectivity index (χ4v) is 1.63. The van der Waals surface area contributed by atoms with Gasteiger partial charge >= 0.3 is 0 Å². The van der Waals surface area contributed by atoms with E-state index in [1.807, 2.05) is 6.92 Å². The molecule has 0 heterocycles. The van der Waals surface area contributed by atoms with Gasteiger partial charge in [-0.25, -0.2) is 0 Å². The SMILES string of the molecule is CCCCC(C)Oc1cc(C=O)ccc1OC. The van der Waals surface area contributed by atoms with Crippen LogP contribution in [0.1, 0.15) is 43.5 Å². The summed E-state index contributed by atoms with van der Waals surface area (Å²) in [6, 6.07) is 5.19. The third-order valence-electron chi connectivity index (χ3n) is 2.62. The number of aldehydes is 1. The molecule has 0 spiro atoms. The van der Waals surface area contributed by atoms with Crippen LogP contribution in [0.25, 0.3) is 0 Å². The first-order valence-corrected chi connectivity index (χ1v) is 6.01. The van der Waals surface area contributed by atoms with Crippen LogP contribution in [0.3, 0.4) is 0 Å². The zero-order valence-electron chi connectivity index (χ0n) is 10.7. The Morgan fingerprint density at radius 3 is 2.71 bits per heavy atom. The number of hydrogen-bond donors (Lipinski definition) is 0. The molecule has 17 heavy (non-hydrogen) atoms. The quantitative estimate of drug-likeness (QED) is 0.680. The summed E-state index contributed by atoms with van der Waals surface area (Å²) < 4.78 is 11.0. The molecule has 0 saturated carbocycles. The first-order chi connectivity index (χ1) is 8.21. The van der Waals surface area contributed by atoms with Crippen LogP contribution < -0.4 is 9.47 Å². The second-order valence-corrected chi connectivity index (χ2v) is 4.10. The fraction of sp³-hybridized carbons (Fsp3) is 0.500. The predicted molar refractivity (Wildman–Crippen MR) is 68.0 cm³/mol. The molecular weight excluding hydrogens is 216 g/mol. The zero-order valence-corrected chi connectivity index (χ0v) is 10.7. The molecule has 0 saturated heterocycles. The highest BCUT2D eigenvalue weighted by molar-refractivity contribution is 5.76. The Labute approximate surface area is 103 Å². The monoisotopic (exact) mass is 236 g/mol. The van der Waals surface area contributed by atoms with Crippen LogP contribution in [0.15, 0.2) is 18.2 Å². The Kier molecular flexibility index (Phi) is 5.53. The van der Waals surface area contributed by atoms with Crippen molar-refractivity contribution >= 4 is 6.29 Å². The molecule has 0 aromatic heterocycles. The first kappa shape index (κ1) is 13.6. The number of rotatable bonds is 7. The maximum atomic E-state index is 10.7. The molecule has 3 nitrogen and oxygen atoms in total.